The molecule has 0 radical (unpaired) electrons. The van der Waals surface area contributed by atoms with Gasteiger partial charge in [-0.25, -0.2) is 0 Å². The molecule has 2 aliphatic carbocycles. The molecule has 0 saturated heterocycles. The molecule has 1 heterocycles. The summed E-state index contributed by atoms with van der Waals surface area (Å²) in [7, 11) is 1.73. The summed E-state index contributed by atoms with van der Waals surface area (Å²) < 4.78 is 11.2. The second kappa shape index (κ2) is 5.45. The van der Waals surface area contributed by atoms with Crippen molar-refractivity contribution in [2.45, 2.75) is 69.5 Å². The molecule has 0 amide bonds. The zero-order valence-electron chi connectivity index (χ0n) is 12.3. The van der Waals surface area contributed by atoms with Gasteiger partial charge in [0.2, 0.25) is 11.7 Å². The number of ether oxygens (including phenoxy) is 1. The summed E-state index contributed by atoms with van der Waals surface area (Å²) in [6.45, 7) is 2.24. The molecule has 0 aromatic carbocycles. The maximum absolute atomic E-state index is 9.97. The Balaban J connectivity index is 1.84. The van der Waals surface area contributed by atoms with Gasteiger partial charge in [0.05, 0.1) is 12.0 Å². The van der Waals surface area contributed by atoms with Crippen LogP contribution in [-0.2, 0) is 10.3 Å². The van der Waals surface area contributed by atoms with E-state index >= 15 is 0 Å². The first kappa shape index (κ1) is 14.0. The summed E-state index contributed by atoms with van der Waals surface area (Å²) in [5.41, 5.74) is -0.400. The van der Waals surface area contributed by atoms with Crippen LogP contribution in [0, 0.1) is 5.92 Å². The van der Waals surface area contributed by atoms with Crippen molar-refractivity contribution in [1.29, 1.82) is 0 Å². The Morgan fingerprint density at radius 2 is 2.15 bits per heavy atom. The van der Waals surface area contributed by atoms with Gasteiger partial charge in [-0.15, -0.1) is 0 Å². The number of hydrogen-bond acceptors (Lipinski definition) is 5. The quantitative estimate of drug-likeness (QED) is 0.922. The van der Waals surface area contributed by atoms with Crippen LogP contribution in [0.15, 0.2) is 4.52 Å². The van der Waals surface area contributed by atoms with Gasteiger partial charge in [-0.3, -0.25) is 0 Å². The van der Waals surface area contributed by atoms with E-state index in [0.29, 0.717) is 17.6 Å². The van der Waals surface area contributed by atoms with Crippen LogP contribution in [0.2, 0.25) is 0 Å². The third-order valence-electron chi connectivity index (χ3n) is 4.99. The van der Waals surface area contributed by atoms with Gasteiger partial charge in [0.15, 0.2) is 0 Å². The van der Waals surface area contributed by atoms with E-state index in [9.17, 15) is 5.11 Å². The Hall–Kier alpha value is -0.940. The minimum absolute atomic E-state index is 0.00571. The van der Waals surface area contributed by atoms with Crippen molar-refractivity contribution in [2.24, 2.45) is 5.92 Å². The summed E-state index contributed by atoms with van der Waals surface area (Å²) >= 11 is 0. The Kier molecular flexibility index (Phi) is 3.82. The molecule has 5 heteroatoms. The van der Waals surface area contributed by atoms with E-state index in [1.54, 1.807) is 7.11 Å². The van der Waals surface area contributed by atoms with Crippen LogP contribution in [0.5, 0.6) is 0 Å². The van der Waals surface area contributed by atoms with Gasteiger partial charge in [0, 0.05) is 7.11 Å². The number of nitrogens with zero attached hydrogens (tertiary/aromatic N) is 2. The highest BCUT2D eigenvalue weighted by Crippen LogP contribution is 2.42. The van der Waals surface area contributed by atoms with Crippen molar-refractivity contribution in [2.75, 3.05) is 7.11 Å². The van der Waals surface area contributed by atoms with Crippen LogP contribution in [0.4, 0.5) is 0 Å². The van der Waals surface area contributed by atoms with Crippen LogP contribution in [0.25, 0.3) is 0 Å². The molecule has 1 aromatic rings. The lowest BCUT2D eigenvalue weighted by molar-refractivity contribution is -0.0658. The SMILES string of the molecule is COC1(c2noc(C3CCCC3O)n2)CCCC(C)C1. The molecule has 4 unspecified atom stereocenters. The first-order valence-corrected chi connectivity index (χ1v) is 7.72. The highest BCUT2D eigenvalue weighted by molar-refractivity contribution is 5.07. The van der Waals surface area contributed by atoms with Crippen molar-refractivity contribution in [3.05, 3.63) is 11.7 Å². The predicted molar refractivity (Wildman–Crippen MR) is 73.2 cm³/mol. The number of hydrogen-bond donors (Lipinski definition) is 1. The number of aromatic nitrogens is 2. The van der Waals surface area contributed by atoms with Crippen LogP contribution >= 0.6 is 0 Å². The fraction of sp³-hybridized carbons (Fsp3) is 0.867. The van der Waals surface area contributed by atoms with Crippen molar-refractivity contribution >= 4 is 0 Å². The van der Waals surface area contributed by atoms with Gasteiger partial charge in [-0.05, 0) is 44.4 Å². The monoisotopic (exact) mass is 280 g/mol. The molecule has 4 atom stereocenters. The lowest BCUT2D eigenvalue weighted by Crippen LogP contribution is -2.35. The van der Waals surface area contributed by atoms with E-state index < -0.39 is 5.60 Å². The zero-order chi connectivity index (χ0) is 14.2. The predicted octanol–water partition coefficient (Wildman–Crippen LogP) is 2.75. The number of methoxy groups -OCH3 is 1. The normalized spacial score (nSPS) is 38.2. The molecule has 3 rings (SSSR count). The molecule has 2 saturated carbocycles. The largest absolute Gasteiger partial charge is 0.392 e. The fourth-order valence-corrected chi connectivity index (χ4v) is 3.78. The Morgan fingerprint density at radius 1 is 1.30 bits per heavy atom. The summed E-state index contributed by atoms with van der Waals surface area (Å²) in [6, 6.07) is 0. The van der Waals surface area contributed by atoms with Crippen LogP contribution < -0.4 is 0 Å². The average Bonchev–Trinajstić information content (AvgIpc) is 3.07. The van der Waals surface area contributed by atoms with Gasteiger partial charge >= 0.3 is 0 Å². The highest BCUT2D eigenvalue weighted by Gasteiger charge is 2.42. The molecule has 2 aliphatic rings. The van der Waals surface area contributed by atoms with Crippen LogP contribution in [-0.4, -0.2) is 28.5 Å². The third kappa shape index (κ3) is 2.37. The van der Waals surface area contributed by atoms with Gasteiger partial charge in [-0.2, -0.15) is 4.98 Å². The molecule has 5 nitrogen and oxygen atoms in total. The van der Waals surface area contributed by atoms with Crippen molar-refractivity contribution < 1.29 is 14.4 Å². The van der Waals surface area contributed by atoms with Crippen molar-refractivity contribution in [1.82, 2.24) is 10.1 Å². The Bertz CT molecular complexity index is 462. The second-order valence-electron chi connectivity index (χ2n) is 6.46. The molecule has 0 spiro atoms. The maximum Gasteiger partial charge on any atom is 0.232 e. The van der Waals surface area contributed by atoms with E-state index in [4.69, 9.17) is 9.26 Å². The first-order chi connectivity index (χ1) is 9.64. The zero-order valence-corrected chi connectivity index (χ0v) is 12.3. The van der Waals surface area contributed by atoms with Gasteiger partial charge in [-0.1, -0.05) is 18.5 Å². The Morgan fingerprint density at radius 3 is 2.80 bits per heavy atom. The van der Waals surface area contributed by atoms with Gasteiger partial charge in [0.1, 0.15) is 5.60 Å². The van der Waals surface area contributed by atoms with E-state index in [-0.39, 0.29) is 12.0 Å². The third-order valence-corrected chi connectivity index (χ3v) is 4.99. The molecule has 1 N–H and O–H groups in total. The molecule has 1 aromatic heterocycles. The Labute approximate surface area is 119 Å². The van der Waals surface area contributed by atoms with Crippen molar-refractivity contribution in [3.8, 4) is 0 Å². The number of aliphatic hydroxyl groups excluding tert-OH is 1. The topological polar surface area (TPSA) is 68.4 Å². The number of aliphatic hydroxyl groups is 1. The van der Waals surface area contributed by atoms with Gasteiger partial charge in [0.25, 0.3) is 0 Å². The van der Waals surface area contributed by atoms with Crippen molar-refractivity contribution in [3.63, 3.8) is 0 Å². The lowest BCUT2D eigenvalue weighted by atomic mass is 9.78. The fourth-order valence-electron chi connectivity index (χ4n) is 3.78. The van der Waals surface area contributed by atoms with E-state index in [1.165, 1.54) is 6.42 Å². The number of rotatable bonds is 3. The smallest absolute Gasteiger partial charge is 0.232 e. The summed E-state index contributed by atoms with van der Waals surface area (Å²) in [4.78, 5) is 4.58. The molecule has 20 heavy (non-hydrogen) atoms. The molecule has 112 valence electrons. The second-order valence-corrected chi connectivity index (χ2v) is 6.46. The summed E-state index contributed by atoms with van der Waals surface area (Å²) in [6.07, 6.45) is 6.69. The maximum atomic E-state index is 9.97. The van der Waals surface area contributed by atoms with Crippen LogP contribution in [0.1, 0.15) is 69.5 Å². The molecule has 2 fully saturated rings. The minimum atomic E-state index is -0.400. The summed E-state index contributed by atoms with van der Waals surface area (Å²) in [5.74, 6) is 1.87. The van der Waals surface area contributed by atoms with E-state index in [2.05, 4.69) is 17.1 Å². The summed E-state index contributed by atoms with van der Waals surface area (Å²) in [5, 5.41) is 14.1. The molecular weight excluding hydrogens is 256 g/mol. The lowest BCUT2D eigenvalue weighted by Gasteiger charge is -2.36. The first-order valence-electron chi connectivity index (χ1n) is 7.72. The minimum Gasteiger partial charge on any atom is -0.392 e. The van der Waals surface area contributed by atoms with E-state index in [0.717, 1.165) is 38.5 Å². The standard InChI is InChI=1S/C15H24N2O3/c1-10-5-4-8-15(9-10,19-2)14-16-13(20-17-14)11-6-3-7-12(11)18/h10-12,18H,3-9H2,1-2H3. The van der Waals surface area contributed by atoms with Gasteiger partial charge < -0.3 is 14.4 Å². The molecular formula is C15H24N2O3. The highest BCUT2D eigenvalue weighted by atomic mass is 16.5. The molecule has 0 bridgehead atoms. The average molecular weight is 280 g/mol. The molecule has 0 aliphatic heterocycles. The van der Waals surface area contributed by atoms with Crippen LogP contribution in [0.3, 0.4) is 0 Å². The van der Waals surface area contributed by atoms with E-state index in [1.807, 2.05) is 0 Å².